The molecule has 0 bridgehead atoms. The van der Waals surface area contributed by atoms with E-state index >= 15 is 0 Å². The molecule has 1 aromatic heterocycles. The van der Waals surface area contributed by atoms with Crippen molar-refractivity contribution in [1.29, 1.82) is 0 Å². The van der Waals surface area contributed by atoms with Crippen molar-refractivity contribution in [2.45, 2.75) is 19.4 Å². The van der Waals surface area contributed by atoms with E-state index < -0.39 is 0 Å². The molecule has 2 rings (SSSR count). The third-order valence-corrected chi connectivity index (χ3v) is 2.02. The largest absolute Gasteiger partial charge is 0.268 e. The smallest absolute Gasteiger partial charge is 0.128 e. The summed E-state index contributed by atoms with van der Waals surface area (Å²) in [5.74, 6) is 0. The maximum Gasteiger partial charge on any atom is 0.128 e. The van der Waals surface area contributed by atoms with E-state index in [0.29, 0.717) is 0 Å². The van der Waals surface area contributed by atoms with Crippen LogP contribution in [0.4, 0.5) is 0 Å². The highest BCUT2D eigenvalue weighted by Crippen LogP contribution is 2.17. The Kier molecular flexibility index (Phi) is 2.36. The van der Waals surface area contributed by atoms with Crippen LogP contribution in [-0.4, -0.2) is 9.78 Å². The number of aromatic nitrogens is 2. The van der Waals surface area contributed by atoms with E-state index in [2.05, 4.69) is 31.8 Å². The maximum atomic E-state index is 4.22. The lowest BCUT2D eigenvalue weighted by Crippen LogP contribution is -1.92. The van der Waals surface area contributed by atoms with Crippen molar-refractivity contribution in [3.8, 4) is 0 Å². The fraction of sp³-hybridized carbons (Fsp3) is 0.500. The average molecular weight is 224 g/mol. The highest BCUT2D eigenvalue weighted by atomic mass is 79.9. The molecule has 0 saturated heterocycles. The molecule has 0 atom stereocenters. The van der Waals surface area contributed by atoms with Crippen molar-refractivity contribution in [1.82, 2.24) is 9.78 Å². The van der Waals surface area contributed by atoms with E-state index in [1.807, 2.05) is 0 Å². The SMILES string of the molecule is Brc1cc2n(n1)CCC2.Cl. The quantitative estimate of drug-likeness (QED) is 0.658. The maximum absolute atomic E-state index is 4.22. The Balaban J connectivity index is 0.000000500. The average Bonchev–Trinajstić information content (AvgIpc) is 2.22. The molecule has 1 aliphatic rings. The predicted molar refractivity (Wildman–Crippen MR) is 45.5 cm³/mol. The van der Waals surface area contributed by atoms with Gasteiger partial charge in [0.25, 0.3) is 0 Å². The van der Waals surface area contributed by atoms with Crippen LogP contribution in [0.25, 0.3) is 0 Å². The molecule has 1 aliphatic heterocycles. The first-order chi connectivity index (χ1) is 4.36. The molecule has 0 aromatic carbocycles. The van der Waals surface area contributed by atoms with E-state index in [1.54, 1.807) is 0 Å². The monoisotopic (exact) mass is 222 g/mol. The van der Waals surface area contributed by atoms with Crippen molar-refractivity contribution < 1.29 is 0 Å². The third kappa shape index (κ3) is 1.20. The van der Waals surface area contributed by atoms with Gasteiger partial charge in [0.1, 0.15) is 4.60 Å². The topological polar surface area (TPSA) is 17.8 Å². The third-order valence-electron chi connectivity index (χ3n) is 1.64. The fourth-order valence-electron chi connectivity index (χ4n) is 1.23. The molecule has 0 radical (unpaired) electrons. The van der Waals surface area contributed by atoms with Crippen molar-refractivity contribution in [2.24, 2.45) is 0 Å². The van der Waals surface area contributed by atoms with Gasteiger partial charge in [-0.2, -0.15) is 5.10 Å². The number of hydrogen-bond acceptors (Lipinski definition) is 1. The molecule has 0 amide bonds. The number of halogens is 2. The second kappa shape index (κ2) is 2.93. The molecular weight excluding hydrogens is 215 g/mol. The summed E-state index contributed by atoms with van der Waals surface area (Å²) < 4.78 is 3.03. The molecule has 0 saturated carbocycles. The Morgan fingerprint density at radius 3 is 3.10 bits per heavy atom. The van der Waals surface area contributed by atoms with Gasteiger partial charge in [-0.1, -0.05) is 0 Å². The standard InChI is InChI=1S/C6H7BrN2.ClH/c7-6-4-5-2-1-3-9(5)8-6;/h4H,1-3H2;1H. The lowest BCUT2D eigenvalue weighted by molar-refractivity contribution is 0.652. The first kappa shape index (κ1) is 8.08. The van der Waals surface area contributed by atoms with Crippen LogP contribution in [0, 0.1) is 0 Å². The first-order valence-electron chi connectivity index (χ1n) is 3.08. The lowest BCUT2D eigenvalue weighted by Gasteiger charge is -1.88. The van der Waals surface area contributed by atoms with Crippen LogP contribution in [0.2, 0.25) is 0 Å². The van der Waals surface area contributed by atoms with Gasteiger partial charge in [0.15, 0.2) is 0 Å². The second-order valence-corrected chi connectivity index (χ2v) is 3.10. The van der Waals surface area contributed by atoms with E-state index in [-0.39, 0.29) is 12.4 Å². The number of rotatable bonds is 0. The molecule has 0 spiro atoms. The van der Waals surface area contributed by atoms with Gasteiger partial charge < -0.3 is 0 Å². The van der Waals surface area contributed by atoms with Gasteiger partial charge in [0.05, 0.1) is 0 Å². The van der Waals surface area contributed by atoms with Gasteiger partial charge in [0.2, 0.25) is 0 Å². The lowest BCUT2D eigenvalue weighted by atomic mass is 10.3. The second-order valence-electron chi connectivity index (χ2n) is 2.29. The molecular formula is C6H8BrClN2. The van der Waals surface area contributed by atoms with Gasteiger partial charge in [-0.05, 0) is 34.8 Å². The number of fused-ring (bicyclic) bond motifs is 1. The molecule has 4 heteroatoms. The van der Waals surface area contributed by atoms with Crippen molar-refractivity contribution in [3.05, 3.63) is 16.4 Å². The molecule has 56 valence electrons. The molecule has 2 nitrogen and oxygen atoms in total. The van der Waals surface area contributed by atoms with Crippen LogP contribution in [-0.2, 0) is 13.0 Å². The summed E-state index contributed by atoms with van der Waals surface area (Å²) in [5.41, 5.74) is 1.36. The molecule has 0 aliphatic carbocycles. The van der Waals surface area contributed by atoms with E-state index in [9.17, 15) is 0 Å². The van der Waals surface area contributed by atoms with Crippen LogP contribution in [0.3, 0.4) is 0 Å². The summed E-state index contributed by atoms with van der Waals surface area (Å²) in [6, 6.07) is 2.09. The molecule has 1 aromatic rings. The van der Waals surface area contributed by atoms with Gasteiger partial charge >= 0.3 is 0 Å². The highest BCUT2D eigenvalue weighted by molar-refractivity contribution is 9.10. The fourth-order valence-corrected chi connectivity index (χ4v) is 1.68. The van der Waals surface area contributed by atoms with Crippen molar-refractivity contribution >= 4 is 28.3 Å². The number of aryl methyl sites for hydroxylation is 2. The Labute approximate surface area is 74.1 Å². The van der Waals surface area contributed by atoms with Gasteiger partial charge in [-0.25, -0.2) is 0 Å². The van der Waals surface area contributed by atoms with E-state index in [1.165, 1.54) is 18.5 Å². The minimum absolute atomic E-state index is 0. The van der Waals surface area contributed by atoms with Crippen molar-refractivity contribution in [3.63, 3.8) is 0 Å². The molecule has 0 fully saturated rings. The van der Waals surface area contributed by atoms with Gasteiger partial charge in [-0.3, -0.25) is 4.68 Å². The first-order valence-corrected chi connectivity index (χ1v) is 3.88. The van der Waals surface area contributed by atoms with Crippen LogP contribution in [0.15, 0.2) is 10.7 Å². The minimum Gasteiger partial charge on any atom is -0.268 e. The summed E-state index contributed by atoms with van der Waals surface area (Å²) >= 11 is 3.33. The summed E-state index contributed by atoms with van der Waals surface area (Å²) in [5, 5.41) is 4.22. The summed E-state index contributed by atoms with van der Waals surface area (Å²) in [6.07, 6.45) is 2.45. The Morgan fingerprint density at radius 1 is 1.60 bits per heavy atom. The Bertz CT molecular complexity index is 212. The zero-order valence-electron chi connectivity index (χ0n) is 5.38. The van der Waals surface area contributed by atoms with Crippen LogP contribution in [0.5, 0.6) is 0 Å². The Hall–Kier alpha value is -0.0200. The van der Waals surface area contributed by atoms with Gasteiger partial charge in [-0.15, -0.1) is 12.4 Å². The normalized spacial score (nSPS) is 14.5. The van der Waals surface area contributed by atoms with E-state index in [4.69, 9.17) is 0 Å². The predicted octanol–water partition coefficient (Wildman–Crippen LogP) is 2.01. The van der Waals surface area contributed by atoms with Crippen molar-refractivity contribution in [2.75, 3.05) is 0 Å². The number of nitrogens with zero attached hydrogens (tertiary/aromatic N) is 2. The molecule has 2 heterocycles. The summed E-state index contributed by atoms with van der Waals surface area (Å²) in [7, 11) is 0. The summed E-state index contributed by atoms with van der Waals surface area (Å²) in [4.78, 5) is 0. The Morgan fingerprint density at radius 2 is 2.40 bits per heavy atom. The minimum atomic E-state index is 0. The van der Waals surface area contributed by atoms with E-state index in [0.717, 1.165) is 11.1 Å². The van der Waals surface area contributed by atoms with Gasteiger partial charge in [0, 0.05) is 12.2 Å². The van der Waals surface area contributed by atoms with Crippen LogP contribution >= 0.6 is 28.3 Å². The molecule has 10 heavy (non-hydrogen) atoms. The zero-order valence-corrected chi connectivity index (χ0v) is 7.78. The summed E-state index contributed by atoms with van der Waals surface area (Å²) in [6.45, 7) is 1.10. The molecule has 0 N–H and O–H groups in total. The van der Waals surface area contributed by atoms with Crippen LogP contribution in [0.1, 0.15) is 12.1 Å². The van der Waals surface area contributed by atoms with Crippen LogP contribution < -0.4 is 0 Å². The number of hydrogen-bond donors (Lipinski definition) is 0. The highest BCUT2D eigenvalue weighted by Gasteiger charge is 2.11. The molecule has 0 unspecified atom stereocenters. The zero-order chi connectivity index (χ0) is 6.27.